The van der Waals surface area contributed by atoms with Crippen molar-refractivity contribution >= 4 is 11.0 Å². The van der Waals surface area contributed by atoms with Gasteiger partial charge in [-0.1, -0.05) is 29.8 Å². The highest BCUT2D eigenvalue weighted by molar-refractivity contribution is 5.73. The standard InChI is InChI=1S/C22H20N4O2/c1-15-7-8-16(2)18(11-15)14-25-19-6-4-10-24-20(19)21(27)26(22(25)28)13-17-5-3-9-23-12-17/h3-12H,13-14H2,1-2H3. The van der Waals surface area contributed by atoms with E-state index in [1.54, 1.807) is 41.4 Å². The van der Waals surface area contributed by atoms with Gasteiger partial charge >= 0.3 is 5.69 Å². The summed E-state index contributed by atoms with van der Waals surface area (Å²) >= 11 is 0. The zero-order chi connectivity index (χ0) is 19.7. The molecule has 0 fully saturated rings. The molecule has 6 heteroatoms. The molecule has 0 aliphatic carbocycles. The number of hydrogen-bond donors (Lipinski definition) is 0. The zero-order valence-corrected chi connectivity index (χ0v) is 15.8. The Bertz CT molecular complexity index is 1270. The SMILES string of the molecule is Cc1ccc(C)c(Cn2c(=O)n(Cc3cccnc3)c(=O)c3ncccc32)c1. The first-order valence-electron chi connectivity index (χ1n) is 9.08. The minimum Gasteiger partial charge on any atom is -0.287 e. The molecule has 0 bridgehead atoms. The summed E-state index contributed by atoms with van der Waals surface area (Å²) in [5.74, 6) is 0. The molecule has 0 aliphatic rings. The molecule has 4 rings (SSSR count). The number of hydrogen-bond acceptors (Lipinski definition) is 4. The summed E-state index contributed by atoms with van der Waals surface area (Å²) in [4.78, 5) is 34.6. The fourth-order valence-corrected chi connectivity index (χ4v) is 3.35. The lowest BCUT2D eigenvalue weighted by Crippen LogP contribution is -2.41. The number of aryl methyl sites for hydroxylation is 2. The Hall–Kier alpha value is -3.54. The number of nitrogens with zero attached hydrogens (tertiary/aromatic N) is 4. The number of pyridine rings is 2. The van der Waals surface area contributed by atoms with Crippen LogP contribution in [0.3, 0.4) is 0 Å². The van der Waals surface area contributed by atoms with Gasteiger partial charge in [0.25, 0.3) is 5.56 Å². The summed E-state index contributed by atoms with van der Waals surface area (Å²) in [6.07, 6.45) is 4.89. The van der Waals surface area contributed by atoms with Crippen molar-refractivity contribution in [2.24, 2.45) is 0 Å². The van der Waals surface area contributed by atoms with Crippen molar-refractivity contribution in [2.45, 2.75) is 26.9 Å². The molecular weight excluding hydrogens is 352 g/mol. The van der Waals surface area contributed by atoms with Gasteiger partial charge in [0, 0.05) is 18.6 Å². The Labute approximate surface area is 161 Å². The fraction of sp³-hybridized carbons (Fsp3) is 0.182. The minimum absolute atomic E-state index is 0.158. The van der Waals surface area contributed by atoms with Crippen LogP contribution < -0.4 is 11.2 Å². The van der Waals surface area contributed by atoms with Gasteiger partial charge in [-0.05, 0) is 48.7 Å². The molecule has 3 heterocycles. The van der Waals surface area contributed by atoms with Crippen molar-refractivity contribution in [1.29, 1.82) is 0 Å². The summed E-state index contributed by atoms with van der Waals surface area (Å²) in [7, 11) is 0. The van der Waals surface area contributed by atoms with Crippen LogP contribution >= 0.6 is 0 Å². The third-order valence-electron chi connectivity index (χ3n) is 4.88. The first-order valence-corrected chi connectivity index (χ1v) is 9.08. The Morgan fingerprint density at radius 3 is 2.54 bits per heavy atom. The van der Waals surface area contributed by atoms with Crippen LogP contribution in [0.4, 0.5) is 0 Å². The third kappa shape index (κ3) is 3.24. The molecule has 0 N–H and O–H groups in total. The molecule has 0 unspecified atom stereocenters. The minimum atomic E-state index is -0.387. The molecule has 0 aliphatic heterocycles. The summed E-state index contributed by atoms with van der Waals surface area (Å²) < 4.78 is 2.86. The molecule has 0 atom stereocenters. The number of fused-ring (bicyclic) bond motifs is 1. The highest BCUT2D eigenvalue weighted by atomic mass is 16.2. The van der Waals surface area contributed by atoms with Crippen LogP contribution in [0, 0.1) is 13.8 Å². The third-order valence-corrected chi connectivity index (χ3v) is 4.88. The van der Waals surface area contributed by atoms with E-state index in [-0.39, 0.29) is 23.3 Å². The van der Waals surface area contributed by atoms with E-state index in [0.29, 0.717) is 12.1 Å². The summed E-state index contributed by atoms with van der Waals surface area (Å²) in [5.41, 5.74) is 4.14. The highest BCUT2D eigenvalue weighted by Crippen LogP contribution is 2.14. The molecule has 0 saturated carbocycles. The van der Waals surface area contributed by atoms with Crippen LogP contribution in [0.5, 0.6) is 0 Å². The van der Waals surface area contributed by atoms with E-state index < -0.39 is 0 Å². The average Bonchev–Trinajstić information content (AvgIpc) is 2.71. The first-order chi connectivity index (χ1) is 13.5. The van der Waals surface area contributed by atoms with Gasteiger partial charge in [-0.25, -0.2) is 9.78 Å². The molecule has 6 nitrogen and oxygen atoms in total. The predicted molar refractivity (Wildman–Crippen MR) is 109 cm³/mol. The van der Waals surface area contributed by atoms with Crippen molar-refractivity contribution in [2.75, 3.05) is 0 Å². The molecule has 140 valence electrons. The largest absolute Gasteiger partial charge is 0.332 e. The van der Waals surface area contributed by atoms with Gasteiger partial charge in [-0.2, -0.15) is 0 Å². The van der Waals surface area contributed by atoms with E-state index in [1.165, 1.54) is 4.57 Å². The molecule has 0 amide bonds. The van der Waals surface area contributed by atoms with Crippen LogP contribution in [0.15, 0.2) is 70.6 Å². The van der Waals surface area contributed by atoms with Crippen LogP contribution in [0.2, 0.25) is 0 Å². The molecule has 0 saturated heterocycles. The Morgan fingerprint density at radius 1 is 0.929 bits per heavy atom. The second-order valence-corrected chi connectivity index (χ2v) is 6.92. The van der Waals surface area contributed by atoms with Crippen LogP contribution in [-0.2, 0) is 13.1 Å². The van der Waals surface area contributed by atoms with Crippen molar-refractivity contribution in [3.8, 4) is 0 Å². The molecule has 0 spiro atoms. The smallest absolute Gasteiger partial charge is 0.287 e. The van der Waals surface area contributed by atoms with Gasteiger partial charge in [0.15, 0.2) is 5.52 Å². The van der Waals surface area contributed by atoms with E-state index in [9.17, 15) is 9.59 Å². The maximum absolute atomic E-state index is 13.3. The Morgan fingerprint density at radius 2 is 1.75 bits per heavy atom. The van der Waals surface area contributed by atoms with E-state index >= 15 is 0 Å². The second kappa shape index (κ2) is 7.23. The van der Waals surface area contributed by atoms with Gasteiger partial charge in [-0.15, -0.1) is 0 Å². The normalized spacial score (nSPS) is 11.1. The fourth-order valence-electron chi connectivity index (χ4n) is 3.35. The number of aromatic nitrogens is 4. The summed E-state index contributed by atoms with van der Waals surface area (Å²) in [5, 5.41) is 0. The van der Waals surface area contributed by atoms with Crippen molar-refractivity contribution in [3.05, 3.63) is 104 Å². The molecule has 28 heavy (non-hydrogen) atoms. The van der Waals surface area contributed by atoms with E-state index in [4.69, 9.17) is 0 Å². The average molecular weight is 372 g/mol. The lowest BCUT2D eigenvalue weighted by Gasteiger charge is -2.15. The quantitative estimate of drug-likeness (QED) is 0.552. The van der Waals surface area contributed by atoms with E-state index in [1.807, 2.05) is 32.0 Å². The van der Waals surface area contributed by atoms with Crippen molar-refractivity contribution < 1.29 is 0 Å². The lowest BCUT2D eigenvalue weighted by molar-refractivity contribution is 0.631. The highest BCUT2D eigenvalue weighted by Gasteiger charge is 2.15. The van der Waals surface area contributed by atoms with Gasteiger partial charge in [0.1, 0.15) is 0 Å². The topological polar surface area (TPSA) is 69.8 Å². The number of benzene rings is 1. The maximum atomic E-state index is 13.3. The molecule has 3 aromatic heterocycles. The molecule has 1 aromatic carbocycles. The van der Waals surface area contributed by atoms with Crippen molar-refractivity contribution in [3.63, 3.8) is 0 Å². The Balaban J connectivity index is 1.93. The summed E-state index contributed by atoms with van der Waals surface area (Å²) in [6, 6.07) is 13.3. The predicted octanol–water partition coefficient (Wildman–Crippen LogP) is 2.67. The summed E-state index contributed by atoms with van der Waals surface area (Å²) in [6.45, 7) is 4.58. The Kier molecular flexibility index (Phi) is 4.61. The zero-order valence-electron chi connectivity index (χ0n) is 15.8. The van der Waals surface area contributed by atoms with Gasteiger partial charge in [-0.3, -0.25) is 18.9 Å². The number of rotatable bonds is 4. The van der Waals surface area contributed by atoms with E-state index in [0.717, 1.165) is 22.3 Å². The van der Waals surface area contributed by atoms with Crippen LogP contribution in [0.1, 0.15) is 22.3 Å². The monoisotopic (exact) mass is 372 g/mol. The van der Waals surface area contributed by atoms with Gasteiger partial charge in [0.05, 0.1) is 18.6 Å². The van der Waals surface area contributed by atoms with Gasteiger partial charge < -0.3 is 0 Å². The first kappa shape index (κ1) is 17.9. The van der Waals surface area contributed by atoms with Crippen LogP contribution in [-0.4, -0.2) is 19.1 Å². The van der Waals surface area contributed by atoms with Gasteiger partial charge in [0.2, 0.25) is 0 Å². The maximum Gasteiger partial charge on any atom is 0.332 e. The van der Waals surface area contributed by atoms with Crippen molar-refractivity contribution in [1.82, 2.24) is 19.1 Å². The molecule has 0 radical (unpaired) electrons. The molecule has 4 aromatic rings. The lowest BCUT2D eigenvalue weighted by atomic mass is 10.1. The van der Waals surface area contributed by atoms with E-state index in [2.05, 4.69) is 16.0 Å². The molecular formula is C22H20N4O2. The second-order valence-electron chi connectivity index (χ2n) is 6.92. The van der Waals surface area contributed by atoms with Crippen LogP contribution in [0.25, 0.3) is 11.0 Å².